The van der Waals surface area contributed by atoms with E-state index in [9.17, 15) is 0 Å². The fourth-order valence-electron chi connectivity index (χ4n) is 0.991. The van der Waals surface area contributed by atoms with Gasteiger partial charge in [0.1, 0.15) is 5.15 Å². The van der Waals surface area contributed by atoms with Gasteiger partial charge in [0.05, 0.1) is 0 Å². The van der Waals surface area contributed by atoms with Crippen LogP contribution in [0, 0.1) is 0 Å². The molecule has 14 heavy (non-hydrogen) atoms. The molecular weight excluding hydrogens is 216 g/mol. The Morgan fingerprint density at radius 1 is 1.00 bits per heavy atom. The molecule has 0 spiro atoms. The predicted molar refractivity (Wildman–Crippen MR) is 57.6 cm³/mol. The highest BCUT2D eigenvalue weighted by Gasteiger charge is 1.97. The normalized spacial score (nSPS) is 10.1. The molecule has 0 bridgehead atoms. The third-order valence-corrected chi connectivity index (χ3v) is 2.79. The molecule has 70 valence electrons. The van der Waals surface area contributed by atoms with Crippen LogP contribution in [0.25, 0.3) is 0 Å². The second-order valence-corrected chi connectivity index (χ2v) is 4.13. The Morgan fingerprint density at radius 2 is 1.71 bits per heavy atom. The van der Waals surface area contributed by atoms with Crippen molar-refractivity contribution in [1.82, 2.24) is 9.97 Å². The fourth-order valence-corrected chi connectivity index (χ4v) is 2.06. The van der Waals surface area contributed by atoms with Gasteiger partial charge in [0.25, 0.3) is 0 Å². The molecule has 2 heterocycles. The average Bonchev–Trinajstić information content (AvgIpc) is 2.19. The second kappa shape index (κ2) is 4.44. The van der Waals surface area contributed by atoms with Gasteiger partial charge >= 0.3 is 0 Å². The third-order valence-electron chi connectivity index (χ3n) is 1.58. The smallest absolute Gasteiger partial charge is 0.130 e. The highest BCUT2D eigenvalue weighted by atomic mass is 35.5. The van der Waals surface area contributed by atoms with Crippen LogP contribution in [0.15, 0.2) is 52.6 Å². The van der Waals surface area contributed by atoms with Gasteiger partial charge in [-0.05, 0) is 24.3 Å². The molecule has 0 aromatic carbocycles. The van der Waals surface area contributed by atoms with Gasteiger partial charge in [-0.3, -0.25) is 4.98 Å². The van der Waals surface area contributed by atoms with E-state index in [2.05, 4.69) is 9.97 Å². The molecule has 0 N–H and O–H groups in total. The number of pyridine rings is 2. The molecule has 2 rings (SSSR count). The summed E-state index contributed by atoms with van der Waals surface area (Å²) in [7, 11) is 0. The van der Waals surface area contributed by atoms with Crippen LogP contribution in [0.1, 0.15) is 0 Å². The molecule has 0 saturated heterocycles. The molecule has 0 atom stereocenters. The molecule has 0 amide bonds. The van der Waals surface area contributed by atoms with E-state index < -0.39 is 0 Å². The van der Waals surface area contributed by atoms with Crippen molar-refractivity contribution in [3.05, 3.63) is 48.0 Å². The van der Waals surface area contributed by atoms with E-state index in [0.29, 0.717) is 5.15 Å². The SMILES string of the molecule is Clc1cc(Sc2ccncc2)ccn1. The van der Waals surface area contributed by atoms with Gasteiger partial charge in [-0.15, -0.1) is 0 Å². The van der Waals surface area contributed by atoms with Crippen molar-refractivity contribution in [2.24, 2.45) is 0 Å². The summed E-state index contributed by atoms with van der Waals surface area (Å²) >= 11 is 7.41. The monoisotopic (exact) mass is 222 g/mol. The predicted octanol–water partition coefficient (Wildman–Crippen LogP) is 3.28. The number of hydrogen-bond acceptors (Lipinski definition) is 3. The Morgan fingerprint density at radius 3 is 2.43 bits per heavy atom. The van der Waals surface area contributed by atoms with E-state index >= 15 is 0 Å². The molecule has 4 heteroatoms. The average molecular weight is 223 g/mol. The molecule has 2 aromatic heterocycles. The largest absolute Gasteiger partial charge is 0.265 e. The topological polar surface area (TPSA) is 25.8 Å². The van der Waals surface area contributed by atoms with Crippen LogP contribution in [0.5, 0.6) is 0 Å². The maximum atomic E-state index is 5.77. The Hall–Kier alpha value is -1.06. The lowest BCUT2D eigenvalue weighted by atomic mass is 10.5. The van der Waals surface area contributed by atoms with Crippen LogP contribution in [0.2, 0.25) is 5.15 Å². The second-order valence-electron chi connectivity index (χ2n) is 2.60. The van der Waals surface area contributed by atoms with Crippen LogP contribution in [-0.4, -0.2) is 9.97 Å². The highest BCUT2D eigenvalue weighted by molar-refractivity contribution is 7.99. The Balaban J connectivity index is 2.19. The maximum absolute atomic E-state index is 5.77. The summed E-state index contributed by atoms with van der Waals surface area (Å²) in [6.45, 7) is 0. The van der Waals surface area contributed by atoms with Gasteiger partial charge in [-0.2, -0.15) is 0 Å². The van der Waals surface area contributed by atoms with Gasteiger partial charge in [0.15, 0.2) is 0 Å². The summed E-state index contributed by atoms with van der Waals surface area (Å²) in [5, 5.41) is 0.518. The highest BCUT2D eigenvalue weighted by Crippen LogP contribution is 2.27. The van der Waals surface area contributed by atoms with Gasteiger partial charge in [0, 0.05) is 28.4 Å². The zero-order valence-electron chi connectivity index (χ0n) is 7.22. The van der Waals surface area contributed by atoms with Crippen LogP contribution >= 0.6 is 23.4 Å². The minimum Gasteiger partial charge on any atom is -0.265 e. The van der Waals surface area contributed by atoms with E-state index in [-0.39, 0.29) is 0 Å². The standard InChI is InChI=1S/C10H7ClN2S/c11-10-7-9(3-6-13-10)14-8-1-4-12-5-2-8/h1-7H. The number of aromatic nitrogens is 2. The van der Waals surface area contributed by atoms with E-state index in [1.807, 2.05) is 24.3 Å². The number of hydrogen-bond donors (Lipinski definition) is 0. The van der Waals surface area contributed by atoms with Gasteiger partial charge in [-0.1, -0.05) is 23.4 Å². The molecule has 0 aliphatic carbocycles. The van der Waals surface area contributed by atoms with E-state index in [0.717, 1.165) is 9.79 Å². The first-order chi connectivity index (χ1) is 6.84. The summed E-state index contributed by atoms with van der Waals surface area (Å²) < 4.78 is 0. The van der Waals surface area contributed by atoms with Gasteiger partial charge in [0.2, 0.25) is 0 Å². The number of rotatable bonds is 2. The lowest BCUT2D eigenvalue weighted by Gasteiger charge is -2.00. The van der Waals surface area contributed by atoms with Crippen molar-refractivity contribution in [2.45, 2.75) is 9.79 Å². The lowest BCUT2D eigenvalue weighted by Crippen LogP contribution is -1.77. The summed E-state index contributed by atoms with van der Waals surface area (Å²) in [6.07, 6.45) is 5.24. The van der Waals surface area contributed by atoms with Crippen molar-refractivity contribution >= 4 is 23.4 Å². The molecular formula is C10H7ClN2S. The summed E-state index contributed by atoms with van der Waals surface area (Å²) in [4.78, 5) is 10.1. The van der Waals surface area contributed by atoms with Crippen molar-refractivity contribution in [2.75, 3.05) is 0 Å². The maximum Gasteiger partial charge on any atom is 0.130 e. The first-order valence-electron chi connectivity index (χ1n) is 4.04. The zero-order chi connectivity index (χ0) is 9.80. The molecule has 0 radical (unpaired) electrons. The molecule has 0 unspecified atom stereocenters. The van der Waals surface area contributed by atoms with Crippen LogP contribution in [-0.2, 0) is 0 Å². The summed E-state index contributed by atoms with van der Waals surface area (Å²) in [6, 6.07) is 7.68. The third kappa shape index (κ3) is 2.47. The van der Waals surface area contributed by atoms with E-state index in [4.69, 9.17) is 11.6 Å². The van der Waals surface area contributed by atoms with Crippen molar-refractivity contribution in [3.63, 3.8) is 0 Å². The molecule has 0 saturated carbocycles. The minimum atomic E-state index is 0.518. The van der Waals surface area contributed by atoms with E-state index in [1.165, 1.54) is 0 Å². The molecule has 2 aromatic rings. The lowest BCUT2D eigenvalue weighted by molar-refractivity contribution is 1.24. The number of halogens is 1. The van der Waals surface area contributed by atoms with Crippen LogP contribution < -0.4 is 0 Å². The quantitative estimate of drug-likeness (QED) is 0.730. The Labute approximate surface area is 91.4 Å². The Kier molecular flexibility index (Phi) is 3.01. The minimum absolute atomic E-state index is 0.518. The van der Waals surface area contributed by atoms with Crippen molar-refractivity contribution in [1.29, 1.82) is 0 Å². The van der Waals surface area contributed by atoms with Gasteiger partial charge in [-0.25, -0.2) is 4.98 Å². The van der Waals surface area contributed by atoms with Crippen molar-refractivity contribution < 1.29 is 0 Å². The van der Waals surface area contributed by atoms with Crippen LogP contribution in [0.3, 0.4) is 0 Å². The molecule has 0 aliphatic heterocycles. The van der Waals surface area contributed by atoms with Crippen molar-refractivity contribution in [3.8, 4) is 0 Å². The van der Waals surface area contributed by atoms with Crippen LogP contribution in [0.4, 0.5) is 0 Å². The molecule has 2 nitrogen and oxygen atoms in total. The Bertz CT molecular complexity index is 419. The van der Waals surface area contributed by atoms with Gasteiger partial charge < -0.3 is 0 Å². The fraction of sp³-hybridized carbons (Fsp3) is 0. The number of nitrogens with zero attached hydrogens (tertiary/aromatic N) is 2. The first kappa shape index (κ1) is 9.49. The molecule has 0 aliphatic rings. The summed E-state index contributed by atoms with van der Waals surface area (Å²) in [5.41, 5.74) is 0. The van der Waals surface area contributed by atoms with E-state index in [1.54, 1.807) is 30.4 Å². The molecule has 0 fully saturated rings. The summed E-state index contributed by atoms with van der Waals surface area (Å²) in [5.74, 6) is 0. The first-order valence-corrected chi connectivity index (χ1v) is 5.23. The zero-order valence-corrected chi connectivity index (χ0v) is 8.79.